The van der Waals surface area contributed by atoms with Crippen LogP contribution in [0, 0.1) is 5.82 Å². The van der Waals surface area contributed by atoms with Crippen molar-refractivity contribution in [1.82, 2.24) is 10.2 Å². The summed E-state index contributed by atoms with van der Waals surface area (Å²) in [5, 5.41) is 2.14. The molecule has 136 valence electrons. The fourth-order valence-electron chi connectivity index (χ4n) is 2.78. The van der Waals surface area contributed by atoms with Gasteiger partial charge in [0.15, 0.2) is 11.5 Å². The monoisotopic (exact) mass is 368 g/mol. The lowest BCUT2D eigenvalue weighted by atomic mass is 10.1. The number of nitrogens with one attached hydrogen (secondary N) is 1. The Hall–Kier alpha value is -3.68. The molecule has 2 aliphatic heterocycles. The van der Waals surface area contributed by atoms with Crippen molar-refractivity contribution in [2.45, 2.75) is 6.54 Å². The molecule has 4 amide bonds. The van der Waals surface area contributed by atoms with Crippen LogP contribution in [0.15, 0.2) is 48.0 Å². The number of barbiturate groups is 1. The van der Waals surface area contributed by atoms with Crippen LogP contribution in [0.25, 0.3) is 6.08 Å². The molecule has 8 heteroatoms. The summed E-state index contributed by atoms with van der Waals surface area (Å²) in [7, 11) is 0. The maximum absolute atomic E-state index is 13.0. The topological polar surface area (TPSA) is 84.9 Å². The molecule has 0 unspecified atom stereocenters. The van der Waals surface area contributed by atoms with E-state index in [0.29, 0.717) is 22.6 Å². The highest BCUT2D eigenvalue weighted by Gasteiger charge is 2.35. The van der Waals surface area contributed by atoms with Gasteiger partial charge in [0.25, 0.3) is 11.8 Å². The summed E-state index contributed by atoms with van der Waals surface area (Å²) in [6.45, 7) is 0.0193. The van der Waals surface area contributed by atoms with Crippen molar-refractivity contribution in [3.8, 4) is 11.5 Å². The van der Waals surface area contributed by atoms with Gasteiger partial charge < -0.3 is 9.47 Å². The van der Waals surface area contributed by atoms with Crippen molar-refractivity contribution in [2.75, 3.05) is 6.79 Å². The van der Waals surface area contributed by atoms with Crippen LogP contribution in [0.4, 0.5) is 9.18 Å². The van der Waals surface area contributed by atoms with Gasteiger partial charge >= 0.3 is 6.03 Å². The van der Waals surface area contributed by atoms with E-state index in [0.717, 1.165) is 4.90 Å². The number of imide groups is 2. The van der Waals surface area contributed by atoms with Gasteiger partial charge in [0.1, 0.15) is 11.4 Å². The summed E-state index contributed by atoms with van der Waals surface area (Å²) < 4.78 is 23.5. The van der Waals surface area contributed by atoms with Gasteiger partial charge in [0.2, 0.25) is 6.79 Å². The zero-order valence-corrected chi connectivity index (χ0v) is 13.9. The molecule has 1 saturated heterocycles. The third-order valence-electron chi connectivity index (χ3n) is 4.15. The first kappa shape index (κ1) is 16.8. The van der Waals surface area contributed by atoms with Crippen LogP contribution in [0.5, 0.6) is 11.5 Å². The molecule has 2 aromatic carbocycles. The van der Waals surface area contributed by atoms with E-state index in [1.54, 1.807) is 18.2 Å². The lowest BCUT2D eigenvalue weighted by Gasteiger charge is -2.26. The molecule has 1 N–H and O–H groups in total. The lowest BCUT2D eigenvalue weighted by molar-refractivity contribution is -0.130. The first-order valence-electron chi connectivity index (χ1n) is 8.04. The van der Waals surface area contributed by atoms with Crippen LogP contribution in [0.2, 0.25) is 0 Å². The average Bonchev–Trinajstić information content (AvgIpc) is 3.11. The predicted octanol–water partition coefficient (Wildman–Crippen LogP) is 2.22. The van der Waals surface area contributed by atoms with Gasteiger partial charge in [-0.25, -0.2) is 9.18 Å². The number of hydrogen-bond acceptors (Lipinski definition) is 5. The Morgan fingerprint density at radius 3 is 2.56 bits per heavy atom. The van der Waals surface area contributed by atoms with E-state index >= 15 is 0 Å². The predicted molar refractivity (Wildman–Crippen MR) is 91.0 cm³/mol. The third kappa shape index (κ3) is 3.24. The Morgan fingerprint density at radius 1 is 1.04 bits per heavy atom. The maximum atomic E-state index is 13.0. The van der Waals surface area contributed by atoms with Crippen LogP contribution in [0.3, 0.4) is 0 Å². The van der Waals surface area contributed by atoms with Crippen molar-refractivity contribution < 1.29 is 28.2 Å². The lowest BCUT2D eigenvalue weighted by Crippen LogP contribution is -2.53. The second-order valence-corrected chi connectivity index (χ2v) is 5.95. The summed E-state index contributed by atoms with van der Waals surface area (Å²) in [6.07, 6.45) is 1.38. The van der Waals surface area contributed by atoms with Crippen LogP contribution >= 0.6 is 0 Å². The Kier molecular flexibility index (Phi) is 4.08. The number of benzene rings is 2. The number of carbonyl (C=O) groups is 3. The molecule has 2 aliphatic rings. The number of urea groups is 1. The first-order chi connectivity index (χ1) is 13.0. The Morgan fingerprint density at radius 2 is 1.78 bits per heavy atom. The molecule has 0 aromatic heterocycles. The first-order valence-corrected chi connectivity index (χ1v) is 8.04. The molecule has 27 heavy (non-hydrogen) atoms. The summed E-state index contributed by atoms with van der Waals surface area (Å²) in [4.78, 5) is 37.8. The number of hydrogen-bond donors (Lipinski definition) is 1. The molecule has 2 heterocycles. The van der Waals surface area contributed by atoms with E-state index in [9.17, 15) is 18.8 Å². The molecule has 0 atom stereocenters. The minimum Gasteiger partial charge on any atom is -0.454 e. The van der Waals surface area contributed by atoms with Crippen LogP contribution in [-0.4, -0.2) is 29.5 Å². The highest BCUT2D eigenvalue weighted by atomic mass is 19.1. The van der Waals surface area contributed by atoms with Gasteiger partial charge in [-0.05, 0) is 41.5 Å². The largest absolute Gasteiger partial charge is 0.454 e. The molecule has 0 saturated carbocycles. The van der Waals surface area contributed by atoms with E-state index in [-0.39, 0.29) is 18.9 Å². The second kappa shape index (κ2) is 6.56. The van der Waals surface area contributed by atoms with E-state index in [4.69, 9.17) is 9.47 Å². The molecular weight excluding hydrogens is 355 g/mol. The van der Waals surface area contributed by atoms with Crippen LogP contribution in [-0.2, 0) is 16.1 Å². The number of rotatable bonds is 3. The Bertz CT molecular complexity index is 984. The summed E-state index contributed by atoms with van der Waals surface area (Å²) in [5.41, 5.74) is 0.918. The van der Waals surface area contributed by atoms with E-state index < -0.39 is 23.7 Å². The smallest absolute Gasteiger partial charge is 0.331 e. The molecule has 0 bridgehead atoms. The summed E-state index contributed by atoms with van der Waals surface area (Å²) in [6, 6.07) is 9.55. The molecular formula is C19H13FN2O5. The highest BCUT2D eigenvalue weighted by molar-refractivity contribution is 6.30. The van der Waals surface area contributed by atoms with Gasteiger partial charge in [0, 0.05) is 0 Å². The normalized spacial score (nSPS) is 17.4. The molecule has 1 fully saturated rings. The second-order valence-electron chi connectivity index (χ2n) is 5.95. The molecule has 4 rings (SSSR count). The van der Waals surface area contributed by atoms with Gasteiger partial charge in [-0.15, -0.1) is 0 Å². The van der Waals surface area contributed by atoms with Crippen molar-refractivity contribution >= 4 is 23.9 Å². The van der Waals surface area contributed by atoms with Gasteiger partial charge in [-0.1, -0.05) is 18.2 Å². The Balaban J connectivity index is 1.62. The van der Waals surface area contributed by atoms with E-state index in [1.165, 1.54) is 30.3 Å². The average molecular weight is 368 g/mol. The quantitative estimate of drug-likeness (QED) is 0.663. The van der Waals surface area contributed by atoms with E-state index in [1.807, 2.05) is 0 Å². The number of carbonyl (C=O) groups excluding carboxylic acids is 3. The van der Waals surface area contributed by atoms with Crippen LogP contribution < -0.4 is 14.8 Å². The molecule has 0 aliphatic carbocycles. The third-order valence-corrected chi connectivity index (χ3v) is 4.15. The number of amides is 4. The number of halogens is 1. The Labute approximate surface area is 153 Å². The standard InChI is InChI=1S/C19H13FN2O5/c20-13-4-1-11(2-5-13)9-22-18(24)14(17(23)21-19(22)25)7-12-3-6-15-16(8-12)27-10-26-15/h1-8H,9-10H2,(H,21,23,25). The summed E-state index contributed by atoms with van der Waals surface area (Å²) in [5.74, 6) is -0.854. The fourth-order valence-corrected chi connectivity index (χ4v) is 2.78. The SMILES string of the molecule is O=C1NC(=O)N(Cc2ccc(F)cc2)C(=O)C1=Cc1ccc2c(c1)OCO2. The highest BCUT2D eigenvalue weighted by Crippen LogP contribution is 2.33. The fraction of sp³-hybridized carbons (Fsp3) is 0.105. The molecule has 0 radical (unpaired) electrons. The van der Waals surface area contributed by atoms with Gasteiger partial charge in [-0.3, -0.25) is 19.8 Å². The molecule has 2 aromatic rings. The molecule has 7 nitrogen and oxygen atoms in total. The van der Waals surface area contributed by atoms with Crippen molar-refractivity contribution in [3.63, 3.8) is 0 Å². The van der Waals surface area contributed by atoms with Gasteiger partial charge in [0.05, 0.1) is 6.54 Å². The van der Waals surface area contributed by atoms with Crippen molar-refractivity contribution in [3.05, 3.63) is 65.0 Å². The van der Waals surface area contributed by atoms with E-state index in [2.05, 4.69) is 5.32 Å². The molecule has 0 spiro atoms. The van der Waals surface area contributed by atoms with Crippen molar-refractivity contribution in [2.24, 2.45) is 0 Å². The summed E-state index contributed by atoms with van der Waals surface area (Å²) >= 11 is 0. The minimum atomic E-state index is -0.822. The minimum absolute atomic E-state index is 0.0866. The number of nitrogens with zero attached hydrogens (tertiary/aromatic N) is 1. The zero-order chi connectivity index (χ0) is 19.0. The van der Waals surface area contributed by atoms with Crippen molar-refractivity contribution in [1.29, 1.82) is 0 Å². The number of ether oxygens (including phenoxy) is 2. The zero-order valence-electron chi connectivity index (χ0n) is 13.9. The van der Waals surface area contributed by atoms with Gasteiger partial charge in [-0.2, -0.15) is 0 Å². The number of fused-ring (bicyclic) bond motifs is 1. The van der Waals surface area contributed by atoms with Crippen LogP contribution in [0.1, 0.15) is 11.1 Å². The maximum Gasteiger partial charge on any atom is 0.331 e.